The molecule has 0 saturated carbocycles. The van der Waals surface area contributed by atoms with Crippen molar-refractivity contribution < 1.29 is 23.5 Å². The van der Waals surface area contributed by atoms with Crippen molar-refractivity contribution in [3.8, 4) is 0 Å². The Bertz CT molecular complexity index is 777. The Balaban J connectivity index is 1.81. The van der Waals surface area contributed by atoms with Gasteiger partial charge in [-0.3, -0.25) is 9.59 Å². The maximum absolute atomic E-state index is 12.0. The topological polar surface area (TPSA) is 85.6 Å². The number of carbonyl (C=O) groups excluding carboxylic acids is 3. The highest BCUT2D eigenvalue weighted by atomic mass is 79.9. The molecule has 24 heavy (non-hydrogen) atoms. The predicted molar refractivity (Wildman–Crippen MR) is 92.6 cm³/mol. The Hall–Kier alpha value is -2.19. The van der Waals surface area contributed by atoms with Crippen LogP contribution in [-0.4, -0.2) is 24.3 Å². The van der Waals surface area contributed by atoms with E-state index in [1.165, 1.54) is 30.4 Å². The summed E-state index contributed by atoms with van der Waals surface area (Å²) in [5.74, 6) is -0.575. The molecule has 2 aromatic rings. The van der Waals surface area contributed by atoms with Crippen LogP contribution in [-0.2, 0) is 20.9 Å². The molecule has 0 unspecified atom stereocenters. The van der Waals surface area contributed by atoms with E-state index in [1.807, 2.05) is 0 Å². The van der Waals surface area contributed by atoms with Crippen LogP contribution in [0.5, 0.6) is 0 Å². The monoisotopic (exact) mass is 411 g/mol. The fourth-order valence-electron chi connectivity index (χ4n) is 1.66. The number of esters is 1. The first-order valence-electron chi connectivity index (χ1n) is 6.90. The fraction of sp³-hybridized carbons (Fsp3) is 0.188. The van der Waals surface area contributed by atoms with Crippen LogP contribution in [0.2, 0.25) is 0 Å². The lowest BCUT2D eigenvalue weighted by molar-refractivity contribution is -0.136. The molecule has 0 saturated heterocycles. The van der Waals surface area contributed by atoms with E-state index < -0.39 is 5.97 Å². The molecule has 2 rings (SSSR count). The molecule has 2 aromatic heterocycles. The second kappa shape index (κ2) is 8.60. The smallest absolute Gasteiger partial charge is 0.331 e. The fourth-order valence-corrected chi connectivity index (χ4v) is 2.85. The van der Waals surface area contributed by atoms with Crippen LogP contribution in [0.3, 0.4) is 0 Å². The van der Waals surface area contributed by atoms with Crippen molar-refractivity contribution in [1.82, 2.24) is 5.32 Å². The van der Waals surface area contributed by atoms with Gasteiger partial charge in [-0.05, 0) is 46.3 Å². The van der Waals surface area contributed by atoms with Crippen LogP contribution >= 0.6 is 27.3 Å². The molecule has 0 spiro atoms. The zero-order valence-electron chi connectivity index (χ0n) is 12.7. The highest BCUT2D eigenvalue weighted by Gasteiger charge is 2.11. The third-order valence-corrected chi connectivity index (χ3v) is 4.32. The van der Waals surface area contributed by atoms with E-state index in [9.17, 15) is 14.4 Å². The number of hydrogen-bond acceptors (Lipinski definition) is 6. The molecule has 6 nitrogen and oxygen atoms in total. The Morgan fingerprint density at radius 2 is 2.08 bits per heavy atom. The lowest BCUT2D eigenvalue weighted by Gasteiger charge is -2.00. The van der Waals surface area contributed by atoms with Gasteiger partial charge in [-0.2, -0.15) is 0 Å². The zero-order valence-corrected chi connectivity index (χ0v) is 15.1. The summed E-state index contributed by atoms with van der Waals surface area (Å²) in [4.78, 5) is 35.7. The van der Waals surface area contributed by atoms with Gasteiger partial charge < -0.3 is 14.5 Å². The van der Waals surface area contributed by atoms with E-state index in [0.717, 1.165) is 4.88 Å². The van der Waals surface area contributed by atoms with Crippen molar-refractivity contribution in [2.24, 2.45) is 0 Å². The molecule has 8 heteroatoms. The maximum Gasteiger partial charge on any atom is 0.331 e. The van der Waals surface area contributed by atoms with Crippen molar-refractivity contribution >= 4 is 51.0 Å². The highest BCUT2D eigenvalue weighted by molar-refractivity contribution is 9.10. The number of Topliss-reactive ketones (excluding diaryl/α,β-unsaturated/α-hetero) is 1. The summed E-state index contributed by atoms with van der Waals surface area (Å²) in [6.07, 6.45) is 2.64. The van der Waals surface area contributed by atoms with Crippen LogP contribution in [0.4, 0.5) is 0 Å². The van der Waals surface area contributed by atoms with E-state index in [-0.39, 0.29) is 18.3 Å². The number of halogens is 1. The summed E-state index contributed by atoms with van der Waals surface area (Å²) in [5.41, 5.74) is 0. The number of furan rings is 1. The average Bonchev–Trinajstić information content (AvgIpc) is 3.17. The molecular weight excluding hydrogens is 398 g/mol. The van der Waals surface area contributed by atoms with Gasteiger partial charge in [0.2, 0.25) is 11.7 Å². The average molecular weight is 412 g/mol. The van der Waals surface area contributed by atoms with Gasteiger partial charge in [0, 0.05) is 17.9 Å². The van der Waals surface area contributed by atoms with Crippen LogP contribution in [0, 0.1) is 0 Å². The van der Waals surface area contributed by atoms with Gasteiger partial charge in [0.15, 0.2) is 11.3 Å². The van der Waals surface area contributed by atoms with Gasteiger partial charge >= 0.3 is 5.97 Å². The molecular formula is C16H14BrNO5S. The SMILES string of the molecule is CC(=O)NCc1ccc(C(=O)COC(=O)/C=C/c2ccc(Br)o2)s1. The van der Waals surface area contributed by atoms with Crippen molar-refractivity contribution in [1.29, 1.82) is 0 Å². The molecule has 0 aliphatic heterocycles. The first-order valence-corrected chi connectivity index (χ1v) is 8.51. The molecule has 1 N–H and O–H groups in total. The predicted octanol–water partition coefficient (Wildman–Crippen LogP) is 3.18. The molecule has 0 atom stereocenters. The van der Waals surface area contributed by atoms with Crippen LogP contribution in [0.15, 0.2) is 39.4 Å². The largest absolute Gasteiger partial charge is 0.454 e. The number of ketones is 1. The summed E-state index contributed by atoms with van der Waals surface area (Å²) < 4.78 is 10.7. The molecule has 126 valence electrons. The highest BCUT2D eigenvalue weighted by Crippen LogP contribution is 2.17. The Kier molecular flexibility index (Phi) is 6.51. The number of hydrogen-bond donors (Lipinski definition) is 1. The minimum atomic E-state index is -0.633. The Labute approximate surface area is 150 Å². The first kappa shape index (κ1) is 18.2. The van der Waals surface area contributed by atoms with E-state index >= 15 is 0 Å². The number of ether oxygens (including phenoxy) is 1. The van der Waals surface area contributed by atoms with E-state index in [0.29, 0.717) is 21.9 Å². The Morgan fingerprint density at radius 1 is 1.29 bits per heavy atom. The lowest BCUT2D eigenvalue weighted by Crippen LogP contribution is -2.18. The molecule has 0 aliphatic carbocycles. The third kappa shape index (κ3) is 5.78. The van der Waals surface area contributed by atoms with E-state index in [4.69, 9.17) is 9.15 Å². The van der Waals surface area contributed by atoms with Gasteiger partial charge in [0.25, 0.3) is 0 Å². The summed E-state index contributed by atoms with van der Waals surface area (Å²) >= 11 is 4.41. The second-order valence-corrected chi connectivity index (χ2v) is 6.63. The number of amides is 1. The minimum Gasteiger partial charge on any atom is -0.454 e. The lowest BCUT2D eigenvalue weighted by atomic mass is 10.3. The number of rotatable bonds is 7. The molecule has 1 amide bonds. The zero-order chi connectivity index (χ0) is 17.5. The molecule has 0 radical (unpaired) electrons. The van der Waals surface area contributed by atoms with Gasteiger partial charge in [-0.15, -0.1) is 11.3 Å². The first-order chi connectivity index (χ1) is 11.4. The van der Waals surface area contributed by atoms with Gasteiger partial charge in [-0.25, -0.2) is 4.79 Å². The van der Waals surface area contributed by atoms with Gasteiger partial charge in [-0.1, -0.05) is 0 Å². The summed E-state index contributed by atoms with van der Waals surface area (Å²) in [7, 11) is 0. The Morgan fingerprint density at radius 3 is 2.75 bits per heavy atom. The van der Waals surface area contributed by atoms with Crippen molar-refractivity contribution in [2.75, 3.05) is 6.61 Å². The summed E-state index contributed by atoms with van der Waals surface area (Å²) in [5, 5.41) is 2.65. The second-order valence-electron chi connectivity index (χ2n) is 4.68. The maximum atomic E-state index is 12.0. The van der Waals surface area contributed by atoms with Crippen molar-refractivity contribution in [3.63, 3.8) is 0 Å². The quantitative estimate of drug-likeness (QED) is 0.429. The third-order valence-electron chi connectivity index (χ3n) is 2.77. The van der Waals surface area contributed by atoms with Crippen LogP contribution < -0.4 is 5.32 Å². The van der Waals surface area contributed by atoms with Gasteiger partial charge in [0.05, 0.1) is 11.4 Å². The number of nitrogens with one attached hydrogen (secondary N) is 1. The number of thiophene rings is 1. The molecule has 0 aromatic carbocycles. The van der Waals surface area contributed by atoms with Crippen LogP contribution in [0.25, 0.3) is 6.08 Å². The van der Waals surface area contributed by atoms with Gasteiger partial charge in [0.1, 0.15) is 5.76 Å². The number of carbonyl (C=O) groups is 3. The molecule has 2 heterocycles. The summed E-state index contributed by atoms with van der Waals surface area (Å²) in [6.45, 7) is 1.45. The van der Waals surface area contributed by atoms with E-state index in [2.05, 4.69) is 21.2 Å². The summed E-state index contributed by atoms with van der Waals surface area (Å²) in [6, 6.07) is 6.78. The van der Waals surface area contributed by atoms with Crippen molar-refractivity contribution in [3.05, 3.63) is 50.5 Å². The molecule has 0 bridgehead atoms. The van der Waals surface area contributed by atoms with Crippen molar-refractivity contribution in [2.45, 2.75) is 13.5 Å². The van der Waals surface area contributed by atoms with Crippen LogP contribution in [0.1, 0.15) is 27.2 Å². The minimum absolute atomic E-state index is 0.138. The standard InChI is InChI=1S/C16H14BrNO5S/c1-10(19)18-8-12-4-5-14(24-12)13(20)9-22-16(21)7-3-11-2-6-15(17)23-11/h2-7H,8-9H2,1H3,(H,18,19)/b7-3+. The normalized spacial score (nSPS) is 10.8. The van der Waals surface area contributed by atoms with E-state index in [1.54, 1.807) is 24.3 Å². The molecule has 0 fully saturated rings. The molecule has 0 aliphatic rings.